The van der Waals surface area contributed by atoms with E-state index < -0.39 is 23.6 Å². The Morgan fingerprint density at radius 1 is 1.44 bits per heavy atom. The lowest BCUT2D eigenvalue weighted by molar-refractivity contribution is -0.138. The minimum Gasteiger partial charge on any atom is -0.481 e. The normalized spacial score (nSPS) is 14.3. The van der Waals surface area contributed by atoms with Gasteiger partial charge in [0.15, 0.2) is 11.6 Å². The third-order valence-corrected chi connectivity index (χ3v) is 2.95. The Kier molecular flexibility index (Phi) is 5.04. The van der Waals surface area contributed by atoms with E-state index >= 15 is 0 Å². The summed E-state index contributed by atoms with van der Waals surface area (Å²) in [6, 6.07) is 1.20. The summed E-state index contributed by atoms with van der Waals surface area (Å²) in [5, 5.41) is 8.67. The number of carbonyl (C=O) groups is 1. The van der Waals surface area contributed by atoms with Gasteiger partial charge in [0.25, 0.3) is 0 Å². The number of benzene rings is 1. The molecule has 0 fully saturated rings. The zero-order chi connectivity index (χ0) is 13.9. The Morgan fingerprint density at radius 2 is 2.00 bits per heavy atom. The second-order valence-electron chi connectivity index (χ2n) is 4.33. The van der Waals surface area contributed by atoms with Crippen molar-refractivity contribution >= 4 is 17.6 Å². The average Bonchev–Trinajstić information content (AvgIpc) is 2.21. The SMILES string of the molecule is CC(CC(=O)O)CC(N)c1cc(F)c(F)cc1Cl. The van der Waals surface area contributed by atoms with Gasteiger partial charge in [0, 0.05) is 17.5 Å². The molecule has 0 bridgehead atoms. The van der Waals surface area contributed by atoms with E-state index in [1.54, 1.807) is 6.92 Å². The Balaban J connectivity index is 2.81. The van der Waals surface area contributed by atoms with Gasteiger partial charge in [-0.25, -0.2) is 8.78 Å². The molecule has 18 heavy (non-hydrogen) atoms. The van der Waals surface area contributed by atoms with Crippen molar-refractivity contribution in [3.05, 3.63) is 34.4 Å². The minimum atomic E-state index is -1.03. The highest BCUT2D eigenvalue weighted by Crippen LogP contribution is 2.28. The first-order valence-corrected chi connectivity index (χ1v) is 5.80. The molecular formula is C12H14ClF2NO2. The summed E-state index contributed by atoms with van der Waals surface area (Å²) in [6.07, 6.45) is 0.298. The molecule has 0 saturated heterocycles. The van der Waals surface area contributed by atoms with Crippen molar-refractivity contribution in [2.45, 2.75) is 25.8 Å². The Hall–Kier alpha value is -1.20. The summed E-state index contributed by atoms with van der Waals surface area (Å²) in [6.45, 7) is 1.72. The fourth-order valence-electron chi connectivity index (χ4n) is 1.76. The minimum absolute atomic E-state index is 0.0327. The van der Waals surface area contributed by atoms with Gasteiger partial charge in [-0.3, -0.25) is 4.79 Å². The van der Waals surface area contributed by atoms with E-state index in [0.717, 1.165) is 12.1 Å². The van der Waals surface area contributed by atoms with Crippen LogP contribution in [0.2, 0.25) is 5.02 Å². The van der Waals surface area contributed by atoms with Crippen LogP contribution in [-0.2, 0) is 4.79 Å². The molecule has 0 aliphatic rings. The Bertz CT molecular complexity index is 454. The van der Waals surface area contributed by atoms with Gasteiger partial charge >= 0.3 is 5.97 Å². The lowest BCUT2D eigenvalue weighted by Crippen LogP contribution is -2.17. The van der Waals surface area contributed by atoms with Crippen molar-refractivity contribution in [1.82, 2.24) is 0 Å². The van der Waals surface area contributed by atoms with Crippen LogP contribution in [-0.4, -0.2) is 11.1 Å². The largest absolute Gasteiger partial charge is 0.481 e. The predicted octanol–water partition coefficient (Wildman–Crippen LogP) is 3.12. The van der Waals surface area contributed by atoms with Gasteiger partial charge < -0.3 is 10.8 Å². The van der Waals surface area contributed by atoms with Crippen molar-refractivity contribution in [3.63, 3.8) is 0 Å². The maximum Gasteiger partial charge on any atom is 0.303 e. The zero-order valence-electron chi connectivity index (χ0n) is 9.79. The third-order valence-electron chi connectivity index (χ3n) is 2.62. The summed E-state index contributed by atoms with van der Waals surface area (Å²) in [7, 11) is 0. The molecule has 0 saturated carbocycles. The van der Waals surface area contributed by atoms with Gasteiger partial charge in [-0.1, -0.05) is 18.5 Å². The molecule has 0 heterocycles. The lowest BCUT2D eigenvalue weighted by atomic mass is 9.94. The van der Waals surface area contributed by atoms with Gasteiger partial charge in [-0.15, -0.1) is 0 Å². The summed E-state index contributed by atoms with van der Waals surface area (Å²) in [4.78, 5) is 10.5. The van der Waals surface area contributed by atoms with Crippen LogP contribution in [0.4, 0.5) is 8.78 Å². The highest BCUT2D eigenvalue weighted by Gasteiger charge is 2.18. The standard InChI is InChI=1S/C12H14ClF2NO2/c1-6(3-12(17)18)2-11(16)7-4-9(14)10(15)5-8(7)13/h4-6,11H,2-3,16H2,1H3,(H,17,18). The summed E-state index contributed by atoms with van der Waals surface area (Å²) >= 11 is 5.78. The molecule has 0 aliphatic carbocycles. The molecule has 3 N–H and O–H groups in total. The average molecular weight is 278 g/mol. The van der Waals surface area contributed by atoms with E-state index in [1.165, 1.54) is 0 Å². The second kappa shape index (κ2) is 6.11. The van der Waals surface area contributed by atoms with Crippen molar-refractivity contribution in [1.29, 1.82) is 0 Å². The molecule has 0 spiro atoms. The molecule has 3 nitrogen and oxygen atoms in total. The molecule has 6 heteroatoms. The molecule has 0 aliphatic heterocycles. The molecule has 2 unspecified atom stereocenters. The van der Waals surface area contributed by atoms with Gasteiger partial charge in [-0.05, 0) is 30.0 Å². The molecule has 1 aromatic carbocycles. The molecular weight excluding hydrogens is 264 g/mol. The van der Waals surface area contributed by atoms with Crippen LogP contribution in [0.5, 0.6) is 0 Å². The fourth-order valence-corrected chi connectivity index (χ4v) is 2.05. The monoisotopic (exact) mass is 277 g/mol. The molecule has 0 amide bonds. The summed E-state index contributed by atoms with van der Waals surface area (Å²) in [5.74, 6) is -3.15. The first-order chi connectivity index (χ1) is 8.31. The third kappa shape index (κ3) is 3.92. The van der Waals surface area contributed by atoms with E-state index in [0.29, 0.717) is 6.42 Å². The number of carboxylic acid groups (broad SMARTS) is 1. The smallest absolute Gasteiger partial charge is 0.303 e. The Labute approximate surface area is 109 Å². The van der Waals surface area contributed by atoms with Crippen molar-refractivity contribution in [2.24, 2.45) is 11.7 Å². The number of aliphatic carboxylic acids is 1. The molecule has 1 rings (SSSR count). The van der Waals surface area contributed by atoms with Gasteiger partial charge in [0.05, 0.1) is 0 Å². The van der Waals surface area contributed by atoms with Crippen molar-refractivity contribution < 1.29 is 18.7 Å². The van der Waals surface area contributed by atoms with E-state index in [1.807, 2.05) is 0 Å². The van der Waals surface area contributed by atoms with Crippen LogP contribution < -0.4 is 5.73 Å². The van der Waals surface area contributed by atoms with Crippen LogP contribution in [0.3, 0.4) is 0 Å². The van der Waals surface area contributed by atoms with E-state index in [-0.39, 0.29) is 22.9 Å². The first kappa shape index (κ1) is 14.9. The van der Waals surface area contributed by atoms with Gasteiger partial charge in [-0.2, -0.15) is 0 Å². The van der Waals surface area contributed by atoms with E-state index in [2.05, 4.69) is 0 Å². The van der Waals surface area contributed by atoms with Crippen LogP contribution in [0.25, 0.3) is 0 Å². The fraction of sp³-hybridized carbons (Fsp3) is 0.417. The number of nitrogens with two attached hydrogens (primary N) is 1. The number of hydrogen-bond acceptors (Lipinski definition) is 2. The van der Waals surface area contributed by atoms with Gasteiger partial charge in [0.2, 0.25) is 0 Å². The molecule has 100 valence electrons. The number of carboxylic acids is 1. The van der Waals surface area contributed by atoms with Crippen LogP contribution >= 0.6 is 11.6 Å². The number of rotatable bonds is 5. The van der Waals surface area contributed by atoms with Gasteiger partial charge in [0.1, 0.15) is 0 Å². The van der Waals surface area contributed by atoms with Crippen LogP contribution in [0, 0.1) is 17.6 Å². The number of hydrogen-bond donors (Lipinski definition) is 2. The second-order valence-corrected chi connectivity index (χ2v) is 4.74. The molecule has 2 atom stereocenters. The highest BCUT2D eigenvalue weighted by molar-refractivity contribution is 6.31. The van der Waals surface area contributed by atoms with Crippen molar-refractivity contribution in [2.75, 3.05) is 0 Å². The molecule has 0 aromatic heterocycles. The summed E-state index contributed by atoms with van der Waals surface area (Å²) in [5.41, 5.74) is 6.11. The quantitative estimate of drug-likeness (QED) is 0.813. The molecule has 1 aromatic rings. The number of halogens is 3. The zero-order valence-corrected chi connectivity index (χ0v) is 10.5. The maximum absolute atomic E-state index is 13.1. The van der Waals surface area contributed by atoms with Crippen molar-refractivity contribution in [3.8, 4) is 0 Å². The molecule has 0 radical (unpaired) electrons. The highest BCUT2D eigenvalue weighted by atomic mass is 35.5. The maximum atomic E-state index is 13.1. The lowest BCUT2D eigenvalue weighted by Gasteiger charge is -2.17. The van der Waals surface area contributed by atoms with E-state index in [9.17, 15) is 13.6 Å². The first-order valence-electron chi connectivity index (χ1n) is 5.43. The Morgan fingerprint density at radius 3 is 2.56 bits per heavy atom. The van der Waals surface area contributed by atoms with Crippen LogP contribution in [0.1, 0.15) is 31.4 Å². The topological polar surface area (TPSA) is 63.3 Å². The van der Waals surface area contributed by atoms with Crippen LogP contribution in [0.15, 0.2) is 12.1 Å². The predicted molar refractivity (Wildman–Crippen MR) is 64.3 cm³/mol. The summed E-state index contributed by atoms with van der Waals surface area (Å²) < 4.78 is 26.0. The van der Waals surface area contributed by atoms with E-state index in [4.69, 9.17) is 22.4 Å².